The van der Waals surface area contributed by atoms with E-state index in [2.05, 4.69) is 27.4 Å². The zero-order valence-electron chi connectivity index (χ0n) is 10.6. The largest absolute Gasteiger partial charge is 0.397 e. The van der Waals surface area contributed by atoms with Crippen LogP contribution in [0, 0.1) is 0 Å². The highest BCUT2D eigenvalue weighted by Gasteiger charge is 2.13. The van der Waals surface area contributed by atoms with Crippen LogP contribution in [-0.2, 0) is 0 Å². The van der Waals surface area contributed by atoms with Crippen molar-refractivity contribution in [1.29, 1.82) is 0 Å². The van der Waals surface area contributed by atoms with Gasteiger partial charge in [-0.2, -0.15) is 5.10 Å². The number of aromatic amines is 1. The van der Waals surface area contributed by atoms with Crippen molar-refractivity contribution >= 4 is 33.6 Å². The molecule has 0 radical (unpaired) electrons. The molecule has 4 N–H and O–H groups in total. The second-order valence-electron chi connectivity index (χ2n) is 4.37. The number of nitrogens with two attached hydrogens (primary N) is 1. The predicted octanol–water partition coefficient (Wildman–Crippen LogP) is 3.16. The molecule has 0 saturated carbocycles. The molecule has 0 bridgehead atoms. The minimum absolute atomic E-state index is 0.183. The zero-order chi connectivity index (χ0) is 13.2. The Labute approximate surface area is 114 Å². The van der Waals surface area contributed by atoms with Crippen LogP contribution in [0.1, 0.15) is 24.4 Å². The Morgan fingerprint density at radius 3 is 3.11 bits per heavy atom. The molecule has 6 heteroatoms. The van der Waals surface area contributed by atoms with Gasteiger partial charge in [-0.1, -0.05) is 6.92 Å². The Morgan fingerprint density at radius 1 is 1.47 bits per heavy atom. The lowest BCUT2D eigenvalue weighted by atomic mass is 10.1. The van der Waals surface area contributed by atoms with E-state index in [0.717, 1.165) is 33.7 Å². The third kappa shape index (κ3) is 2.26. The fourth-order valence-electron chi connectivity index (χ4n) is 2.07. The quantitative estimate of drug-likeness (QED) is 0.638. The first-order chi connectivity index (χ1) is 9.28. The number of anilines is 2. The molecule has 0 fully saturated rings. The van der Waals surface area contributed by atoms with Crippen LogP contribution >= 0.6 is 11.3 Å². The van der Waals surface area contributed by atoms with Crippen molar-refractivity contribution in [3.63, 3.8) is 0 Å². The van der Waals surface area contributed by atoms with E-state index in [1.165, 1.54) is 0 Å². The molecular weight excluding hydrogens is 258 g/mol. The molecule has 3 aromatic rings. The Bertz CT molecular complexity index is 673. The van der Waals surface area contributed by atoms with Crippen molar-refractivity contribution in [3.05, 3.63) is 34.9 Å². The standard InChI is InChI=1S/C13H15N5S/c1-2-10(13-15-3-4-19-13)17-12-6-11-8(5-9(12)14)7-16-18-11/h3-7,10,17H,2,14H2,1H3,(H,16,18). The first kappa shape index (κ1) is 12.0. The molecule has 0 saturated heterocycles. The van der Waals surface area contributed by atoms with E-state index >= 15 is 0 Å². The summed E-state index contributed by atoms with van der Waals surface area (Å²) in [5.41, 5.74) is 8.70. The van der Waals surface area contributed by atoms with Gasteiger partial charge in [0.05, 0.1) is 29.1 Å². The lowest BCUT2D eigenvalue weighted by molar-refractivity contribution is 0.743. The molecule has 1 atom stereocenters. The number of hydrogen-bond acceptors (Lipinski definition) is 5. The second-order valence-corrected chi connectivity index (χ2v) is 5.30. The summed E-state index contributed by atoms with van der Waals surface area (Å²) in [7, 11) is 0. The number of rotatable bonds is 4. The summed E-state index contributed by atoms with van der Waals surface area (Å²) in [6.07, 6.45) is 4.55. The van der Waals surface area contributed by atoms with Gasteiger partial charge >= 0.3 is 0 Å². The number of nitrogens with one attached hydrogen (secondary N) is 2. The molecule has 1 unspecified atom stereocenters. The monoisotopic (exact) mass is 273 g/mol. The summed E-state index contributed by atoms with van der Waals surface area (Å²) in [6, 6.07) is 4.10. The summed E-state index contributed by atoms with van der Waals surface area (Å²) in [6.45, 7) is 2.13. The topological polar surface area (TPSA) is 79.6 Å². The zero-order valence-corrected chi connectivity index (χ0v) is 11.4. The molecule has 0 aliphatic rings. The van der Waals surface area contributed by atoms with Crippen LogP contribution in [0.25, 0.3) is 10.9 Å². The van der Waals surface area contributed by atoms with Crippen molar-refractivity contribution in [2.24, 2.45) is 0 Å². The maximum Gasteiger partial charge on any atom is 0.115 e. The third-order valence-corrected chi connectivity index (χ3v) is 3.99. The van der Waals surface area contributed by atoms with Crippen LogP contribution in [0.5, 0.6) is 0 Å². The number of benzene rings is 1. The van der Waals surface area contributed by atoms with E-state index in [0.29, 0.717) is 0 Å². The molecule has 0 aliphatic carbocycles. The fourth-order valence-corrected chi connectivity index (χ4v) is 2.84. The van der Waals surface area contributed by atoms with E-state index in [1.807, 2.05) is 23.7 Å². The number of aromatic nitrogens is 3. The maximum absolute atomic E-state index is 6.08. The van der Waals surface area contributed by atoms with Crippen molar-refractivity contribution < 1.29 is 0 Å². The van der Waals surface area contributed by atoms with Crippen LogP contribution in [0.4, 0.5) is 11.4 Å². The van der Waals surface area contributed by atoms with E-state index in [1.54, 1.807) is 17.5 Å². The third-order valence-electron chi connectivity index (χ3n) is 3.10. The summed E-state index contributed by atoms with van der Waals surface area (Å²) in [4.78, 5) is 4.36. The average Bonchev–Trinajstić information content (AvgIpc) is 3.06. The highest BCUT2D eigenvalue weighted by atomic mass is 32.1. The van der Waals surface area contributed by atoms with E-state index in [9.17, 15) is 0 Å². The van der Waals surface area contributed by atoms with Gasteiger partial charge < -0.3 is 11.1 Å². The van der Waals surface area contributed by atoms with Crippen molar-refractivity contribution in [3.8, 4) is 0 Å². The van der Waals surface area contributed by atoms with Gasteiger partial charge in [-0.3, -0.25) is 5.10 Å². The number of fused-ring (bicyclic) bond motifs is 1. The van der Waals surface area contributed by atoms with Crippen LogP contribution < -0.4 is 11.1 Å². The Balaban J connectivity index is 1.93. The molecular formula is C13H15N5S. The number of hydrogen-bond donors (Lipinski definition) is 3. The molecule has 0 aliphatic heterocycles. The molecule has 0 amide bonds. The van der Waals surface area contributed by atoms with Crippen LogP contribution in [0.3, 0.4) is 0 Å². The Hall–Kier alpha value is -2.08. The van der Waals surface area contributed by atoms with Crippen molar-refractivity contribution in [2.75, 3.05) is 11.1 Å². The van der Waals surface area contributed by atoms with Gasteiger partial charge in [0.15, 0.2) is 0 Å². The molecule has 3 rings (SSSR count). The average molecular weight is 273 g/mol. The number of H-pyrrole nitrogens is 1. The van der Waals surface area contributed by atoms with Crippen LogP contribution in [0.15, 0.2) is 29.9 Å². The number of nitrogens with zero attached hydrogens (tertiary/aromatic N) is 2. The SMILES string of the molecule is CCC(Nc1cc2[nH]ncc2cc1N)c1nccs1. The highest BCUT2D eigenvalue weighted by molar-refractivity contribution is 7.09. The molecule has 5 nitrogen and oxygen atoms in total. The summed E-state index contributed by atoms with van der Waals surface area (Å²) >= 11 is 1.65. The van der Waals surface area contributed by atoms with Crippen LogP contribution in [-0.4, -0.2) is 15.2 Å². The molecule has 2 aromatic heterocycles. The summed E-state index contributed by atoms with van der Waals surface area (Å²) < 4.78 is 0. The van der Waals surface area contributed by atoms with E-state index in [4.69, 9.17) is 5.73 Å². The second kappa shape index (κ2) is 4.89. The van der Waals surface area contributed by atoms with Gasteiger partial charge in [0.1, 0.15) is 5.01 Å². The normalized spacial score (nSPS) is 12.7. The lowest BCUT2D eigenvalue weighted by Gasteiger charge is -2.17. The van der Waals surface area contributed by atoms with Gasteiger partial charge in [0.25, 0.3) is 0 Å². The van der Waals surface area contributed by atoms with E-state index < -0.39 is 0 Å². The Kier molecular flexibility index (Phi) is 3.08. The maximum atomic E-state index is 6.08. The van der Waals surface area contributed by atoms with Gasteiger partial charge in [-0.15, -0.1) is 11.3 Å². The van der Waals surface area contributed by atoms with E-state index in [-0.39, 0.29) is 6.04 Å². The van der Waals surface area contributed by atoms with Gasteiger partial charge in [-0.05, 0) is 18.6 Å². The molecule has 98 valence electrons. The van der Waals surface area contributed by atoms with Crippen molar-refractivity contribution in [2.45, 2.75) is 19.4 Å². The minimum Gasteiger partial charge on any atom is -0.397 e. The Morgan fingerprint density at radius 2 is 2.37 bits per heavy atom. The molecule has 19 heavy (non-hydrogen) atoms. The van der Waals surface area contributed by atoms with Gasteiger partial charge in [0, 0.05) is 17.0 Å². The number of thiazole rings is 1. The number of nitrogen functional groups attached to an aromatic ring is 1. The molecule has 1 aromatic carbocycles. The first-order valence-corrected chi connectivity index (χ1v) is 7.04. The van der Waals surface area contributed by atoms with Crippen molar-refractivity contribution in [1.82, 2.24) is 15.2 Å². The van der Waals surface area contributed by atoms with Crippen LogP contribution in [0.2, 0.25) is 0 Å². The predicted molar refractivity (Wildman–Crippen MR) is 79.3 cm³/mol. The smallest absolute Gasteiger partial charge is 0.115 e. The molecule has 2 heterocycles. The van der Waals surface area contributed by atoms with Gasteiger partial charge in [-0.25, -0.2) is 4.98 Å². The highest BCUT2D eigenvalue weighted by Crippen LogP contribution is 2.30. The summed E-state index contributed by atoms with van der Waals surface area (Å²) in [5, 5.41) is 14.5. The van der Waals surface area contributed by atoms with Gasteiger partial charge in [0.2, 0.25) is 0 Å². The first-order valence-electron chi connectivity index (χ1n) is 6.16. The lowest BCUT2D eigenvalue weighted by Crippen LogP contribution is -2.10. The molecule has 0 spiro atoms. The minimum atomic E-state index is 0.183. The summed E-state index contributed by atoms with van der Waals surface area (Å²) in [5.74, 6) is 0. The fraction of sp³-hybridized carbons (Fsp3) is 0.231.